The summed E-state index contributed by atoms with van der Waals surface area (Å²) in [6.07, 6.45) is 5.99. The van der Waals surface area contributed by atoms with Crippen molar-refractivity contribution in [1.29, 1.82) is 0 Å². The number of ether oxygens (including phenoxy) is 2. The summed E-state index contributed by atoms with van der Waals surface area (Å²) in [7, 11) is 2.14. The lowest BCUT2D eigenvalue weighted by atomic mass is 9.98. The Hall–Kier alpha value is -0.650. The summed E-state index contributed by atoms with van der Waals surface area (Å²) in [4.78, 5) is 16.8. The van der Waals surface area contributed by atoms with E-state index in [0.29, 0.717) is 31.6 Å². The van der Waals surface area contributed by atoms with E-state index < -0.39 is 0 Å². The maximum Gasteiger partial charge on any atom is 0.224 e. The van der Waals surface area contributed by atoms with E-state index in [1.54, 1.807) is 0 Å². The first-order valence-electron chi connectivity index (χ1n) is 7.94. The van der Waals surface area contributed by atoms with Crippen molar-refractivity contribution in [3.63, 3.8) is 0 Å². The largest absolute Gasteiger partial charge is 0.347 e. The Morgan fingerprint density at radius 1 is 1.15 bits per heavy atom. The van der Waals surface area contributed by atoms with Crippen molar-refractivity contribution in [2.45, 2.75) is 50.4 Å². The van der Waals surface area contributed by atoms with E-state index in [0.717, 1.165) is 38.9 Å². The Labute approximate surface area is 121 Å². The van der Waals surface area contributed by atoms with Gasteiger partial charge in [0.25, 0.3) is 0 Å². The molecule has 3 saturated heterocycles. The summed E-state index contributed by atoms with van der Waals surface area (Å²) >= 11 is 0. The number of nitrogens with zero attached hydrogens (tertiary/aromatic N) is 2. The van der Waals surface area contributed by atoms with E-state index in [1.165, 1.54) is 12.8 Å². The quantitative estimate of drug-likeness (QED) is 0.764. The second kappa shape index (κ2) is 6.00. The Bertz CT molecular complexity index is 345. The van der Waals surface area contributed by atoms with Gasteiger partial charge in [-0.25, -0.2) is 0 Å². The molecule has 3 fully saturated rings. The number of hydrogen-bond donors (Lipinski definition) is 0. The average Bonchev–Trinajstić information content (AvgIpc) is 2.90. The summed E-state index contributed by atoms with van der Waals surface area (Å²) < 4.78 is 11.4. The normalized spacial score (nSPS) is 30.9. The first-order chi connectivity index (χ1) is 9.69. The molecule has 0 N–H and O–H groups in total. The highest BCUT2D eigenvalue weighted by molar-refractivity contribution is 5.77. The molecule has 1 amide bonds. The van der Waals surface area contributed by atoms with Gasteiger partial charge >= 0.3 is 0 Å². The van der Waals surface area contributed by atoms with Gasteiger partial charge in [0.2, 0.25) is 5.91 Å². The van der Waals surface area contributed by atoms with Gasteiger partial charge in [-0.3, -0.25) is 4.79 Å². The molecule has 1 spiro atoms. The van der Waals surface area contributed by atoms with Crippen molar-refractivity contribution in [2.75, 3.05) is 39.9 Å². The molecule has 0 aromatic heterocycles. The minimum absolute atomic E-state index is 0.302. The van der Waals surface area contributed by atoms with Crippen LogP contribution in [0.3, 0.4) is 0 Å². The fraction of sp³-hybridized carbons (Fsp3) is 0.933. The number of amides is 1. The van der Waals surface area contributed by atoms with Crippen molar-refractivity contribution in [1.82, 2.24) is 9.80 Å². The van der Waals surface area contributed by atoms with Crippen molar-refractivity contribution in [3.8, 4) is 0 Å². The van der Waals surface area contributed by atoms with Crippen LogP contribution in [0.5, 0.6) is 0 Å². The molecule has 0 bridgehead atoms. The zero-order chi connectivity index (χ0) is 14.0. The maximum atomic E-state index is 12.4. The Morgan fingerprint density at radius 2 is 1.85 bits per heavy atom. The molecule has 0 aromatic rings. The SMILES string of the molecule is CN1CCCCC1CC(=O)N1CCC2(CC1)OCCO2. The molecule has 3 aliphatic heterocycles. The standard InChI is InChI=1S/C15H26N2O3/c1-16-7-3-2-4-13(16)12-14(18)17-8-5-15(6-9-17)19-10-11-20-15/h13H,2-12H2,1H3. The van der Waals surface area contributed by atoms with Crippen LogP contribution in [-0.2, 0) is 14.3 Å². The lowest BCUT2D eigenvalue weighted by Crippen LogP contribution is -2.49. The van der Waals surface area contributed by atoms with Gasteiger partial charge in [0.05, 0.1) is 13.2 Å². The third-order valence-electron chi connectivity index (χ3n) is 5.02. The summed E-state index contributed by atoms with van der Waals surface area (Å²) in [6.45, 7) is 4.06. The number of piperidine rings is 2. The van der Waals surface area contributed by atoms with Crippen LogP contribution in [0.15, 0.2) is 0 Å². The minimum atomic E-state index is -0.377. The lowest BCUT2D eigenvalue weighted by Gasteiger charge is -2.39. The van der Waals surface area contributed by atoms with E-state index >= 15 is 0 Å². The highest BCUT2D eigenvalue weighted by Crippen LogP contribution is 2.31. The Morgan fingerprint density at radius 3 is 2.50 bits per heavy atom. The summed E-state index contributed by atoms with van der Waals surface area (Å²) in [5, 5.41) is 0. The molecule has 0 aromatic carbocycles. The summed E-state index contributed by atoms with van der Waals surface area (Å²) in [6, 6.07) is 0.436. The molecule has 3 heterocycles. The van der Waals surface area contributed by atoms with Gasteiger partial charge in [0.15, 0.2) is 5.79 Å². The van der Waals surface area contributed by atoms with Crippen LogP contribution in [-0.4, -0.2) is 67.4 Å². The first-order valence-corrected chi connectivity index (χ1v) is 7.94. The van der Waals surface area contributed by atoms with Crippen molar-refractivity contribution < 1.29 is 14.3 Å². The van der Waals surface area contributed by atoms with Crippen LogP contribution in [0.25, 0.3) is 0 Å². The predicted octanol–water partition coefficient (Wildman–Crippen LogP) is 1.23. The number of carbonyl (C=O) groups is 1. The van der Waals surface area contributed by atoms with Gasteiger partial charge in [0.1, 0.15) is 0 Å². The van der Waals surface area contributed by atoms with Gasteiger partial charge in [0, 0.05) is 38.4 Å². The fourth-order valence-corrected chi connectivity index (χ4v) is 3.62. The molecule has 0 radical (unpaired) electrons. The molecular weight excluding hydrogens is 256 g/mol. The van der Waals surface area contributed by atoms with Gasteiger partial charge in [-0.05, 0) is 26.4 Å². The third-order valence-corrected chi connectivity index (χ3v) is 5.02. The monoisotopic (exact) mass is 282 g/mol. The van der Waals surface area contributed by atoms with Gasteiger partial charge in [-0.2, -0.15) is 0 Å². The van der Waals surface area contributed by atoms with E-state index in [2.05, 4.69) is 11.9 Å². The molecule has 114 valence electrons. The van der Waals surface area contributed by atoms with Crippen molar-refractivity contribution >= 4 is 5.91 Å². The minimum Gasteiger partial charge on any atom is -0.347 e. The van der Waals surface area contributed by atoms with Gasteiger partial charge in [-0.15, -0.1) is 0 Å². The van der Waals surface area contributed by atoms with Crippen LogP contribution in [0.1, 0.15) is 38.5 Å². The molecule has 1 atom stereocenters. The third kappa shape index (κ3) is 3.00. The molecule has 5 nitrogen and oxygen atoms in total. The average molecular weight is 282 g/mol. The molecule has 0 aliphatic carbocycles. The van der Waals surface area contributed by atoms with Crippen LogP contribution in [0.4, 0.5) is 0 Å². The van der Waals surface area contributed by atoms with Gasteiger partial charge in [-0.1, -0.05) is 6.42 Å². The molecule has 3 rings (SSSR count). The van der Waals surface area contributed by atoms with Gasteiger partial charge < -0.3 is 19.3 Å². The molecular formula is C15H26N2O3. The topological polar surface area (TPSA) is 42.0 Å². The number of likely N-dealkylation sites (tertiary alicyclic amines) is 2. The summed E-state index contributed by atoms with van der Waals surface area (Å²) in [5.41, 5.74) is 0. The summed E-state index contributed by atoms with van der Waals surface area (Å²) in [5.74, 6) is -0.0742. The highest BCUT2D eigenvalue weighted by atomic mass is 16.7. The second-order valence-electron chi connectivity index (χ2n) is 6.32. The highest BCUT2D eigenvalue weighted by Gasteiger charge is 2.41. The number of hydrogen-bond acceptors (Lipinski definition) is 4. The lowest BCUT2D eigenvalue weighted by molar-refractivity contribution is -0.187. The van der Waals surface area contributed by atoms with Crippen molar-refractivity contribution in [2.24, 2.45) is 0 Å². The molecule has 20 heavy (non-hydrogen) atoms. The Balaban J connectivity index is 1.48. The van der Waals surface area contributed by atoms with Crippen molar-refractivity contribution in [3.05, 3.63) is 0 Å². The molecule has 5 heteroatoms. The molecule has 1 unspecified atom stereocenters. The molecule has 0 saturated carbocycles. The maximum absolute atomic E-state index is 12.4. The second-order valence-corrected chi connectivity index (χ2v) is 6.32. The number of rotatable bonds is 2. The van der Waals surface area contributed by atoms with Crippen LogP contribution in [0, 0.1) is 0 Å². The first kappa shape index (κ1) is 14.3. The Kier molecular flexibility index (Phi) is 4.29. The van der Waals surface area contributed by atoms with Crippen LogP contribution < -0.4 is 0 Å². The fourth-order valence-electron chi connectivity index (χ4n) is 3.62. The van der Waals surface area contributed by atoms with Crippen LogP contribution >= 0.6 is 0 Å². The zero-order valence-electron chi connectivity index (χ0n) is 12.5. The van der Waals surface area contributed by atoms with E-state index in [-0.39, 0.29) is 5.79 Å². The van der Waals surface area contributed by atoms with E-state index in [9.17, 15) is 4.79 Å². The predicted molar refractivity (Wildman–Crippen MR) is 75.3 cm³/mol. The number of carbonyl (C=O) groups excluding carboxylic acids is 1. The zero-order valence-corrected chi connectivity index (χ0v) is 12.5. The smallest absolute Gasteiger partial charge is 0.224 e. The van der Waals surface area contributed by atoms with Crippen LogP contribution in [0.2, 0.25) is 0 Å². The molecule has 3 aliphatic rings. The van der Waals surface area contributed by atoms with E-state index in [1.807, 2.05) is 4.90 Å². The van der Waals surface area contributed by atoms with E-state index in [4.69, 9.17) is 9.47 Å².